The number of carboxylic acid groups (broad SMARTS) is 1. The number of unbranched alkanes of at least 4 members (excludes halogenated alkanes) is 24. The Bertz CT molecular complexity index is 1790. The molecule has 0 amide bonds. The van der Waals surface area contributed by atoms with E-state index in [0.717, 1.165) is 44.1 Å². The van der Waals surface area contributed by atoms with Gasteiger partial charge in [0.25, 0.3) is 0 Å². The molecule has 73 heavy (non-hydrogen) atoms. The number of carbonyl (C=O) groups excluding carboxylic acids is 5. The number of fused-ring (bicyclic) bond motifs is 1. The van der Waals surface area contributed by atoms with Crippen molar-refractivity contribution in [2.75, 3.05) is 13.9 Å². The van der Waals surface area contributed by atoms with E-state index >= 15 is 0 Å². The van der Waals surface area contributed by atoms with Gasteiger partial charge in [0.05, 0.1) is 20.0 Å². The number of aromatic hydroxyl groups is 1. The van der Waals surface area contributed by atoms with Gasteiger partial charge in [-0.3, -0.25) is 24.0 Å². The molecule has 0 aliphatic carbocycles. The molecule has 0 fully saturated rings. The summed E-state index contributed by atoms with van der Waals surface area (Å²) in [5, 5.41) is 20.9. The molecule has 1 aliphatic heterocycles. The van der Waals surface area contributed by atoms with Crippen LogP contribution in [0.1, 0.15) is 267 Å². The van der Waals surface area contributed by atoms with Crippen molar-refractivity contribution in [2.45, 2.75) is 266 Å². The van der Waals surface area contributed by atoms with Gasteiger partial charge >= 0.3 is 35.8 Å². The van der Waals surface area contributed by atoms with Gasteiger partial charge < -0.3 is 38.6 Å². The summed E-state index contributed by atoms with van der Waals surface area (Å²) in [4.78, 5) is 77.1. The minimum atomic E-state index is -1.44. The Morgan fingerprint density at radius 1 is 0.644 bits per heavy atom. The van der Waals surface area contributed by atoms with Crippen molar-refractivity contribution in [1.82, 2.24) is 0 Å². The van der Waals surface area contributed by atoms with Crippen LogP contribution in [0.5, 0.6) is 11.5 Å². The van der Waals surface area contributed by atoms with Crippen molar-refractivity contribution in [3.63, 3.8) is 0 Å². The fourth-order valence-corrected chi connectivity index (χ4v) is 9.56. The Balaban J connectivity index is 1.95. The highest BCUT2D eigenvalue weighted by Crippen LogP contribution is 2.42. The van der Waals surface area contributed by atoms with Crippen molar-refractivity contribution in [3.05, 3.63) is 33.9 Å². The standard InChI is InChI=1S/C59H96O14/c1-8-10-12-14-16-18-20-22-24-26-28-30-32-34-51(63)72-58(73-52(64)35-33-31-29-27-25-23-21-19-17-15-13-11-9-2)46(5)59(6,40-49(60)61)41-53(65)71-43-70-50(62)39-37-44(3)36-38-47-55(66)54-48(42-69-57(54)67)45(4)56(47)68-7/h36,46,58,66H,8-35,37-43H2,1-7H3,(H,60,61)/b44-36+. The molecule has 1 aromatic rings. The molecule has 1 aromatic carbocycles. The quantitative estimate of drug-likeness (QED) is 0.0206. The number of methoxy groups -OCH3 is 1. The first-order chi connectivity index (χ1) is 35.1. The second-order valence-corrected chi connectivity index (χ2v) is 20.8. The third-order valence-electron chi connectivity index (χ3n) is 14.5. The van der Waals surface area contributed by atoms with Crippen LogP contribution in [-0.4, -0.2) is 66.2 Å². The number of carboxylic acids is 1. The largest absolute Gasteiger partial charge is 0.507 e. The number of aliphatic carboxylic acids is 1. The average molecular weight is 1030 g/mol. The zero-order valence-electron chi connectivity index (χ0n) is 46.3. The zero-order valence-corrected chi connectivity index (χ0v) is 46.3. The molecular formula is C59H96O14. The van der Waals surface area contributed by atoms with Gasteiger partial charge in [0.2, 0.25) is 13.1 Å². The second-order valence-electron chi connectivity index (χ2n) is 20.8. The van der Waals surface area contributed by atoms with E-state index < -0.39 is 73.1 Å². The monoisotopic (exact) mass is 1030 g/mol. The van der Waals surface area contributed by atoms with E-state index in [1.54, 1.807) is 27.7 Å². The summed E-state index contributed by atoms with van der Waals surface area (Å²) < 4.78 is 32.8. The van der Waals surface area contributed by atoms with Crippen LogP contribution < -0.4 is 4.74 Å². The Kier molecular flexibility index (Phi) is 33.6. The van der Waals surface area contributed by atoms with Crippen LogP contribution in [0.3, 0.4) is 0 Å². The molecule has 0 radical (unpaired) electrons. The number of esters is 5. The third-order valence-corrected chi connectivity index (χ3v) is 14.5. The summed E-state index contributed by atoms with van der Waals surface area (Å²) in [7, 11) is 1.48. The van der Waals surface area contributed by atoms with Gasteiger partial charge in [-0.05, 0) is 50.5 Å². The first kappa shape index (κ1) is 64.5. The number of phenolic OH excluding ortho intramolecular Hbond substituents is 1. The van der Waals surface area contributed by atoms with E-state index in [9.17, 15) is 39.0 Å². The smallest absolute Gasteiger partial charge is 0.342 e. The van der Waals surface area contributed by atoms with E-state index in [2.05, 4.69) is 13.8 Å². The minimum absolute atomic E-state index is 0.0522. The molecule has 2 unspecified atom stereocenters. The molecule has 1 aliphatic rings. The van der Waals surface area contributed by atoms with Crippen LogP contribution in [0.15, 0.2) is 11.6 Å². The van der Waals surface area contributed by atoms with Crippen LogP contribution in [-0.2, 0) is 60.7 Å². The van der Waals surface area contributed by atoms with Crippen LogP contribution in [0.2, 0.25) is 0 Å². The number of allylic oxidation sites excluding steroid dienone is 2. The maximum absolute atomic E-state index is 13.3. The van der Waals surface area contributed by atoms with Crippen LogP contribution >= 0.6 is 0 Å². The Morgan fingerprint density at radius 3 is 1.52 bits per heavy atom. The molecule has 0 saturated carbocycles. The SMILES string of the molecule is CCCCCCCCCCCCCCCC(=O)OC(OC(=O)CCCCCCCCCCCCCCC)C(C)C(C)(CC(=O)O)CC(=O)OCOC(=O)CC/C(C)=C/Cc1c(O)c2c(c(C)c1OC)COC2=O. The molecule has 14 nitrogen and oxygen atoms in total. The molecular weight excluding hydrogens is 933 g/mol. The van der Waals surface area contributed by atoms with E-state index in [1.165, 1.54) is 123 Å². The molecule has 0 aromatic heterocycles. The fraction of sp³-hybridized carbons (Fsp3) is 0.763. The zero-order chi connectivity index (χ0) is 53.9. The van der Waals surface area contributed by atoms with Crippen molar-refractivity contribution in [3.8, 4) is 11.5 Å². The van der Waals surface area contributed by atoms with Crippen LogP contribution in [0, 0.1) is 18.3 Å². The van der Waals surface area contributed by atoms with Crippen molar-refractivity contribution in [2.24, 2.45) is 11.3 Å². The maximum Gasteiger partial charge on any atom is 0.342 e. The molecule has 1 heterocycles. The van der Waals surface area contributed by atoms with Gasteiger partial charge in [-0.2, -0.15) is 0 Å². The van der Waals surface area contributed by atoms with Crippen LogP contribution in [0.4, 0.5) is 0 Å². The number of phenols is 1. The van der Waals surface area contributed by atoms with E-state index in [1.807, 2.05) is 6.08 Å². The predicted molar refractivity (Wildman–Crippen MR) is 283 cm³/mol. The highest BCUT2D eigenvalue weighted by atomic mass is 16.7. The van der Waals surface area contributed by atoms with Crippen LogP contribution in [0.25, 0.3) is 0 Å². The molecule has 2 rings (SSSR count). The fourth-order valence-electron chi connectivity index (χ4n) is 9.56. The highest BCUT2D eigenvalue weighted by Gasteiger charge is 2.44. The lowest BCUT2D eigenvalue weighted by atomic mass is 9.72. The Hall–Kier alpha value is -4.62. The lowest BCUT2D eigenvalue weighted by Gasteiger charge is -2.37. The van der Waals surface area contributed by atoms with Gasteiger partial charge in [-0.15, -0.1) is 0 Å². The van der Waals surface area contributed by atoms with Crippen molar-refractivity contribution < 1.29 is 67.4 Å². The first-order valence-electron chi connectivity index (χ1n) is 28.2. The lowest BCUT2D eigenvalue weighted by Crippen LogP contribution is -2.42. The number of carbonyl (C=O) groups is 6. The molecule has 0 bridgehead atoms. The number of benzene rings is 1. The molecule has 0 spiro atoms. The molecule has 14 heteroatoms. The number of cyclic esters (lactones) is 1. The van der Waals surface area contributed by atoms with E-state index in [0.29, 0.717) is 35.3 Å². The maximum atomic E-state index is 13.3. The summed E-state index contributed by atoms with van der Waals surface area (Å²) in [5.74, 6) is -5.11. The number of rotatable bonds is 44. The number of hydrogen-bond acceptors (Lipinski definition) is 13. The molecule has 0 saturated heterocycles. The predicted octanol–water partition coefficient (Wildman–Crippen LogP) is 14.6. The van der Waals surface area contributed by atoms with Gasteiger partial charge in [0.1, 0.15) is 23.7 Å². The summed E-state index contributed by atoms with van der Waals surface area (Å²) >= 11 is 0. The topological polar surface area (TPSA) is 198 Å². The average Bonchev–Trinajstić information content (AvgIpc) is 3.75. The van der Waals surface area contributed by atoms with Gasteiger partial charge in [-0.1, -0.05) is 193 Å². The summed E-state index contributed by atoms with van der Waals surface area (Å²) in [6.45, 7) is 10.6. The van der Waals surface area contributed by atoms with E-state index in [4.69, 9.17) is 28.4 Å². The Labute approximate surface area is 438 Å². The summed E-state index contributed by atoms with van der Waals surface area (Å²) in [5.41, 5.74) is 1.24. The summed E-state index contributed by atoms with van der Waals surface area (Å²) in [6.07, 6.45) is 30.1. The first-order valence-corrected chi connectivity index (χ1v) is 28.2. The molecule has 416 valence electrons. The van der Waals surface area contributed by atoms with Crippen molar-refractivity contribution >= 4 is 35.8 Å². The minimum Gasteiger partial charge on any atom is -0.507 e. The molecule has 2 N–H and O–H groups in total. The van der Waals surface area contributed by atoms with Gasteiger partial charge in [0, 0.05) is 36.3 Å². The van der Waals surface area contributed by atoms with Crippen molar-refractivity contribution in [1.29, 1.82) is 0 Å². The number of ether oxygens (including phenoxy) is 6. The molecule has 2 atom stereocenters. The normalized spacial score (nSPS) is 13.5. The van der Waals surface area contributed by atoms with E-state index in [-0.39, 0.29) is 50.0 Å². The second kappa shape index (κ2) is 38.0. The third kappa shape index (κ3) is 26.4. The van der Waals surface area contributed by atoms with Gasteiger partial charge in [-0.25, -0.2) is 4.79 Å². The highest BCUT2D eigenvalue weighted by molar-refractivity contribution is 5.98. The number of hydrogen-bond donors (Lipinski definition) is 2. The lowest BCUT2D eigenvalue weighted by molar-refractivity contribution is -0.207. The Morgan fingerprint density at radius 2 is 1.08 bits per heavy atom. The van der Waals surface area contributed by atoms with Gasteiger partial charge in [0.15, 0.2) is 0 Å². The summed E-state index contributed by atoms with van der Waals surface area (Å²) in [6, 6.07) is 0.